The van der Waals surface area contributed by atoms with Gasteiger partial charge in [-0.25, -0.2) is 4.79 Å². The van der Waals surface area contributed by atoms with Crippen molar-refractivity contribution >= 4 is 17.6 Å². The van der Waals surface area contributed by atoms with E-state index < -0.39 is 5.97 Å². The molecule has 1 aliphatic rings. The minimum atomic E-state index is -0.751. The molecule has 0 saturated heterocycles. The fourth-order valence-corrected chi connectivity index (χ4v) is 2.89. The third-order valence-corrected chi connectivity index (χ3v) is 4.16. The zero-order chi connectivity index (χ0) is 17.8. The molecule has 2 aromatic carbocycles. The Bertz CT molecular complexity index is 802. The SMILES string of the molecule is COc1ccc(C(=O)OCC(=O)N2CCCc3ccccc32)c(O)c1. The molecule has 0 radical (unpaired) electrons. The van der Waals surface area contributed by atoms with Gasteiger partial charge >= 0.3 is 5.97 Å². The van der Waals surface area contributed by atoms with Gasteiger partial charge in [-0.15, -0.1) is 0 Å². The summed E-state index contributed by atoms with van der Waals surface area (Å²) in [6.45, 7) is 0.222. The first-order valence-corrected chi connectivity index (χ1v) is 8.02. The molecule has 0 spiro atoms. The number of methoxy groups -OCH3 is 1. The highest BCUT2D eigenvalue weighted by Crippen LogP contribution is 2.27. The molecule has 0 bridgehead atoms. The van der Waals surface area contributed by atoms with Gasteiger partial charge in [0, 0.05) is 18.3 Å². The van der Waals surface area contributed by atoms with Crippen LogP contribution >= 0.6 is 0 Å². The first-order valence-electron chi connectivity index (χ1n) is 8.02. The maximum atomic E-state index is 12.4. The van der Waals surface area contributed by atoms with Gasteiger partial charge in [0.15, 0.2) is 6.61 Å². The molecule has 0 atom stereocenters. The van der Waals surface area contributed by atoms with Gasteiger partial charge in [-0.1, -0.05) is 18.2 Å². The molecule has 1 amide bonds. The fraction of sp³-hybridized carbons (Fsp3) is 0.263. The number of nitrogens with zero attached hydrogens (tertiary/aromatic N) is 1. The van der Waals surface area contributed by atoms with Crippen LogP contribution in [0.4, 0.5) is 5.69 Å². The zero-order valence-corrected chi connectivity index (χ0v) is 13.9. The lowest BCUT2D eigenvalue weighted by molar-refractivity contribution is -0.121. The Morgan fingerprint density at radius 1 is 1.20 bits per heavy atom. The summed E-state index contributed by atoms with van der Waals surface area (Å²) < 4.78 is 10.0. The molecule has 1 aliphatic heterocycles. The lowest BCUT2D eigenvalue weighted by Gasteiger charge is -2.29. The summed E-state index contributed by atoms with van der Waals surface area (Å²) in [5.41, 5.74) is 1.97. The van der Waals surface area contributed by atoms with Crippen LogP contribution in [0.15, 0.2) is 42.5 Å². The van der Waals surface area contributed by atoms with E-state index in [0.29, 0.717) is 12.3 Å². The number of phenols is 1. The molecule has 0 aromatic heterocycles. The number of anilines is 1. The molecule has 25 heavy (non-hydrogen) atoms. The van der Waals surface area contributed by atoms with Crippen molar-refractivity contribution in [3.63, 3.8) is 0 Å². The van der Waals surface area contributed by atoms with Crippen LogP contribution in [0.3, 0.4) is 0 Å². The third kappa shape index (κ3) is 3.57. The summed E-state index contributed by atoms with van der Waals surface area (Å²) in [5, 5.41) is 9.86. The predicted octanol–water partition coefficient (Wildman–Crippen LogP) is 2.54. The molecule has 0 fully saturated rings. The largest absolute Gasteiger partial charge is 0.507 e. The number of phenolic OH excluding ortho intramolecular Hbond substituents is 1. The molecule has 1 heterocycles. The Morgan fingerprint density at radius 3 is 2.76 bits per heavy atom. The molecule has 6 nitrogen and oxygen atoms in total. The van der Waals surface area contributed by atoms with Gasteiger partial charge in [0.2, 0.25) is 0 Å². The average Bonchev–Trinajstić information content (AvgIpc) is 2.65. The van der Waals surface area contributed by atoms with Gasteiger partial charge in [-0.3, -0.25) is 4.79 Å². The Morgan fingerprint density at radius 2 is 2.00 bits per heavy atom. The Balaban J connectivity index is 1.66. The second kappa shape index (κ2) is 7.25. The first-order chi connectivity index (χ1) is 12.1. The first kappa shape index (κ1) is 16.8. The van der Waals surface area contributed by atoms with Crippen LogP contribution in [0, 0.1) is 0 Å². The Labute approximate surface area is 145 Å². The van der Waals surface area contributed by atoms with Crippen molar-refractivity contribution in [1.82, 2.24) is 0 Å². The standard InChI is InChI=1S/C19H19NO5/c1-24-14-8-9-15(17(21)11-14)19(23)25-12-18(22)20-10-4-6-13-5-2-3-7-16(13)20/h2-3,5,7-9,11,21H,4,6,10,12H2,1H3. The molecule has 2 aromatic rings. The number of para-hydroxylation sites is 1. The van der Waals surface area contributed by atoms with Crippen molar-refractivity contribution in [2.45, 2.75) is 12.8 Å². The van der Waals surface area contributed by atoms with Crippen LogP contribution in [-0.2, 0) is 16.0 Å². The van der Waals surface area contributed by atoms with E-state index in [-0.39, 0.29) is 23.8 Å². The van der Waals surface area contributed by atoms with Gasteiger partial charge in [-0.05, 0) is 36.6 Å². The van der Waals surface area contributed by atoms with E-state index >= 15 is 0 Å². The zero-order valence-electron chi connectivity index (χ0n) is 13.9. The second-order valence-electron chi connectivity index (χ2n) is 5.74. The van der Waals surface area contributed by atoms with Crippen molar-refractivity contribution in [2.24, 2.45) is 0 Å². The minimum Gasteiger partial charge on any atom is -0.507 e. The number of esters is 1. The number of hydrogen-bond acceptors (Lipinski definition) is 5. The van der Waals surface area contributed by atoms with Crippen molar-refractivity contribution in [3.8, 4) is 11.5 Å². The Hall–Kier alpha value is -3.02. The second-order valence-corrected chi connectivity index (χ2v) is 5.74. The number of benzene rings is 2. The van der Waals surface area contributed by atoms with Gasteiger partial charge in [-0.2, -0.15) is 0 Å². The number of carbonyl (C=O) groups excluding carboxylic acids is 2. The van der Waals surface area contributed by atoms with Crippen LogP contribution < -0.4 is 9.64 Å². The molecule has 130 valence electrons. The number of fused-ring (bicyclic) bond motifs is 1. The minimum absolute atomic E-state index is 0.00681. The van der Waals surface area contributed by atoms with Crippen molar-refractivity contribution in [2.75, 3.05) is 25.2 Å². The van der Waals surface area contributed by atoms with E-state index in [0.717, 1.165) is 24.1 Å². The fourth-order valence-electron chi connectivity index (χ4n) is 2.89. The highest BCUT2D eigenvalue weighted by Gasteiger charge is 2.23. The molecular formula is C19H19NO5. The summed E-state index contributed by atoms with van der Waals surface area (Å²) in [6, 6.07) is 12.0. The smallest absolute Gasteiger partial charge is 0.342 e. The maximum absolute atomic E-state index is 12.4. The van der Waals surface area contributed by atoms with E-state index in [4.69, 9.17) is 9.47 Å². The summed E-state index contributed by atoms with van der Waals surface area (Å²) >= 11 is 0. The van der Waals surface area contributed by atoms with Crippen LogP contribution in [0.25, 0.3) is 0 Å². The van der Waals surface area contributed by atoms with E-state index in [1.54, 1.807) is 11.0 Å². The number of aryl methyl sites for hydroxylation is 1. The summed E-state index contributed by atoms with van der Waals surface area (Å²) in [6.07, 6.45) is 1.80. The number of hydrogen-bond donors (Lipinski definition) is 1. The van der Waals surface area contributed by atoms with Crippen molar-refractivity contribution < 1.29 is 24.2 Å². The van der Waals surface area contributed by atoms with Crippen LogP contribution in [0.2, 0.25) is 0 Å². The van der Waals surface area contributed by atoms with Crippen molar-refractivity contribution in [1.29, 1.82) is 0 Å². The van der Waals surface area contributed by atoms with Gasteiger partial charge in [0.1, 0.15) is 17.1 Å². The van der Waals surface area contributed by atoms with Gasteiger partial charge < -0.3 is 19.5 Å². The summed E-state index contributed by atoms with van der Waals surface area (Å²) in [5.74, 6) is -0.859. The maximum Gasteiger partial charge on any atom is 0.342 e. The molecule has 0 saturated carbocycles. The van der Waals surface area contributed by atoms with Crippen molar-refractivity contribution in [3.05, 3.63) is 53.6 Å². The third-order valence-electron chi connectivity index (χ3n) is 4.16. The average molecular weight is 341 g/mol. The van der Waals surface area contributed by atoms with Crippen LogP contribution in [-0.4, -0.2) is 37.2 Å². The molecule has 0 unspecified atom stereocenters. The highest BCUT2D eigenvalue weighted by molar-refractivity contribution is 5.98. The Kier molecular flexibility index (Phi) is 4.88. The van der Waals surface area contributed by atoms with Gasteiger partial charge in [0.05, 0.1) is 7.11 Å². The number of aromatic hydroxyl groups is 1. The van der Waals surface area contributed by atoms with E-state index in [2.05, 4.69) is 0 Å². The monoisotopic (exact) mass is 341 g/mol. The lowest BCUT2D eigenvalue weighted by Crippen LogP contribution is -2.38. The molecule has 0 aliphatic carbocycles. The molecule has 1 N–H and O–H groups in total. The summed E-state index contributed by atoms with van der Waals surface area (Å²) in [7, 11) is 1.46. The van der Waals surface area contributed by atoms with E-state index in [1.165, 1.54) is 19.2 Å². The topological polar surface area (TPSA) is 76.1 Å². The molecular weight excluding hydrogens is 322 g/mol. The van der Waals surface area contributed by atoms with Gasteiger partial charge in [0.25, 0.3) is 5.91 Å². The quantitative estimate of drug-likeness (QED) is 0.865. The number of carbonyl (C=O) groups is 2. The molecule has 3 rings (SSSR count). The predicted molar refractivity (Wildman–Crippen MR) is 92.1 cm³/mol. The number of amides is 1. The van der Waals surface area contributed by atoms with E-state index in [9.17, 15) is 14.7 Å². The van der Waals surface area contributed by atoms with Crippen LogP contribution in [0.1, 0.15) is 22.3 Å². The summed E-state index contributed by atoms with van der Waals surface area (Å²) in [4.78, 5) is 26.2. The molecule has 6 heteroatoms. The number of ether oxygens (including phenoxy) is 2. The number of rotatable bonds is 4. The lowest BCUT2D eigenvalue weighted by atomic mass is 10.0. The van der Waals surface area contributed by atoms with E-state index in [1.807, 2.05) is 24.3 Å². The normalized spacial score (nSPS) is 13.1. The highest BCUT2D eigenvalue weighted by atomic mass is 16.5. The van der Waals surface area contributed by atoms with Crippen LogP contribution in [0.5, 0.6) is 11.5 Å².